The van der Waals surface area contributed by atoms with Crippen LogP contribution in [0.1, 0.15) is 32.2 Å². The van der Waals surface area contributed by atoms with Gasteiger partial charge in [-0.15, -0.1) is 0 Å². The second kappa shape index (κ2) is 4.58. The molecule has 0 spiro atoms. The predicted molar refractivity (Wildman–Crippen MR) is 99.5 cm³/mol. The van der Waals surface area contributed by atoms with Crippen molar-refractivity contribution >= 4 is 35.0 Å². The van der Waals surface area contributed by atoms with E-state index in [-0.39, 0.29) is 23.8 Å². The van der Waals surface area contributed by atoms with Gasteiger partial charge < -0.3 is 5.32 Å². The summed E-state index contributed by atoms with van der Waals surface area (Å²) >= 11 is 0. The highest BCUT2D eigenvalue weighted by Gasteiger charge is 2.39. The first-order valence-electron chi connectivity index (χ1n) is 8.58. The van der Waals surface area contributed by atoms with E-state index >= 15 is 0 Å². The van der Waals surface area contributed by atoms with Gasteiger partial charge in [0.1, 0.15) is 0 Å². The van der Waals surface area contributed by atoms with Crippen molar-refractivity contribution in [1.29, 1.82) is 0 Å². The van der Waals surface area contributed by atoms with Crippen LogP contribution < -0.4 is 21.1 Å². The van der Waals surface area contributed by atoms with Crippen molar-refractivity contribution in [2.75, 3.05) is 5.32 Å². The Morgan fingerprint density at radius 1 is 0.923 bits per heavy atom. The van der Waals surface area contributed by atoms with Crippen molar-refractivity contribution in [3.8, 4) is 0 Å². The molecule has 0 fully saturated rings. The van der Waals surface area contributed by atoms with Crippen molar-refractivity contribution in [1.82, 2.24) is 5.32 Å². The van der Waals surface area contributed by atoms with Crippen molar-refractivity contribution in [3.05, 3.63) is 75.7 Å². The molecule has 5 aliphatic rings. The van der Waals surface area contributed by atoms with Gasteiger partial charge in [0.15, 0.2) is 0 Å². The highest BCUT2D eigenvalue weighted by molar-refractivity contribution is 6.23. The fourth-order valence-electron chi connectivity index (χ4n) is 4.48. The zero-order chi connectivity index (χ0) is 17.4. The molecule has 2 amide bonds. The summed E-state index contributed by atoms with van der Waals surface area (Å²) in [7, 11) is 0. The maximum atomic E-state index is 12.6. The van der Waals surface area contributed by atoms with Crippen LogP contribution in [0.4, 0.5) is 5.69 Å². The number of carbonyl (C=O) groups excluding carboxylic acids is 2. The molecule has 2 aliphatic carbocycles. The van der Waals surface area contributed by atoms with Crippen LogP contribution in [0.2, 0.25) is 0 Å². The lowest BCUT2D eigenvalue weighted by atomic mass is 9.83. The van der Waals surface area contributed by atoms with E-state index in [0.29, 0.717) is 11.1 Å². The number of hydrogen-bond donors (Lipinski definition) is 2. The first-order chi connectivity index (χ1) is 12.7. The minimum Gasteiger partial charge on any atom is -0.374 e. The summed E-state index contributed by atoms with van der Waals surface area (Å²) < 4.78 is 0. The Kier molecular flexibility index (Phi) is 2.43. The largest absolute Gasteiger partial charge is 0.374 e. The molecule has 1 aromatic rings. The molecular weight excluding hydrogens is 326 g/mol. The maximum absolute atomic E-state index is 12.6. The molecule has 26 heavy (non-hydrogen) atoms. The summed E-state index contributed by atoms with van der Waals surface area (Å²) in [6, 6.07) is 0.0135. The van der Waals surface area contributed by atoms with Gasteiger partial charge in [-0.3, -0.25) is 19.9 Å². The minimum atomic E-state index is -0.339. The van der Waals surface area contributed by atoms with E-state index in [1.165, 1.54) is 0 Å². The van der Waals surface area contributed by atoms with E-state index in [1.807, 2.05) is 36.5 Å². The molecule has 2 N–H and O–H groups in total. The van der Waals surface area contributed by atoms with Crippen molar-refractivity contribution in [2.45, 2.75) is 12.0 Å². The third-order valence-electron chi connectivity index (χ3n) is 5.53. The van der Waals surface area contributed by atoms with Crippen LogP contribution in [0.5, 0.6) is 0 Å². The van der Waals surface area contributed by atoms with Crippen molar-refractivity contribution in [2.24, 2.45) is 4.99 Å². The van der Waals surface area contributed by atoms with E-state index in [0.717, 1.165) is 33.0 Å². The van der Waals surface area contributed by atoms with Crippen molar-refractivity contribution < 1.29 is 9.59 Å². The number of amides is 2. The normalized spacial score (nSPS) is 25.5. The summed E-state index contributed by atoms with van der Waals surface area (Å²) in [5.41, 5.74) is 4.86. The van der Waals surface area contributed by atoms with Crippen LogP contribution in [0, 0.1) is 0 Å². The average Bonchev–Trinajstić information content (AvgIpc) is 3.18. The molecule has 0 radical (unpaired) electrons. The maximum Gasteiger partial charge on any atom is 0.259 e. The Bertz CT molecular complexity index is 1220. The third kappa shape index (κ3) is 1.53. The van der Waals surface area contributed by atoms with Gasteiger partial charge in [0.25, 0.3) is 11.8 Å². The lowest BCUT2D eigenvalue weighted by Gasteiger charge is -2.24. The van der Waals surface area contributed by atoms with Gasteiger partial charge >= 0.3 is 0 Å². The number of nitrogens with zero attached hydrogens (tertiary/aromatic N) is 1. The Labute approximate surface area is 148 Å². The molecule has 0 saturated heterocycles. The van der Waals surface area contributed by atoms with Crippen LogP contribution in [0.25, 0.3) is 11.8 Å². The number of allylic oxidation sites excluding steroid dienone is 6. The zero-order valence-electron chi connectivity index (χ0n) is 13.6. The third-order valence-corrected chi connectivity index (χ3v) is 5.53. The van der Waals surface area contributed by atoms with E-state index < -0.39 is 0 Å². The van der Waals surface area contributed by atoms with E-state index in [1.54, 1.807) is 6.20 Å². The molecule has 3 aliphatic heterocycles. The van der Waals surface area contributed by atoms with E-state index in [4.69, 9.17) is 0 Å². The van der Waals surface area contributed by atoms with E-state index in [2.05, 4.69) is 27.8 Å². The quantitative estimate of drug-likeness (QED) is 0.694. The van der Waals surface area contributed by atoms with Gasteiger partial charge in [0.2, 0.25) is 0 Å². The van der Waals surface area contributed by atoms with Gasteiger partial charge in [-0.2, -0.15) is 0 Å². The van der Waals surface area contributed by atoms with Gasteiger partial charge in [-0.1, -0.05) is 42.5 Å². The second-order valence-electron chi connectivity index (χ2n) is 6.84. The fourth-order valence-corrected chi connectivity index (χ4v) is 4.48. The van der Waals surface area contributed by atoms with Gasteiger partial charge in [-0.05, 0) is 17.2 Å². The summed E-state index contributed by atoms with van der Waals surface area (Å²) in [5, 5.41) is 7.63. The monoisotopic (exact) mass is 339 g/mol. The molecular formula is C21H13N3O2. The van der Waals surface area contributed by atoms with Crippen molar-refractivity contribution in [3.63, 3.8) is 0 Å². The molecule has 0 aromatic heterocycles. The standard InChI is InChI=1S/C21H13N3O2/c25-20-17-12-9-22-13-7-3-1-5-10(13)15(12)19-16(18(17)21(26)24-20)11-6-2-4-8-14(11)23-19/h1-10,14,23H,(H,24,25,26). The highest BCUT2D eigenvalue weighted by atomic mass is 16.2. The van der Waals surface area contributed by atoms with Crippen LogP contribution in [-0.2, 0) is 0 Å². The molecule has 2 unspecified atom stereocenters. The molecule has 1 aromatic carbocycles. The molecule has 5 heteroatoms. The van der Waals surface area contributed by atoms with Crippen LogP contribution >= 0.6 is 0 Å². The highest BCUT2D eigenvalue weighted by Crippen LogP contribution is 2.34. The number of hydrogen-bond acceptors (Lipinski definition) is 4. The number of imide groups is 1. The molecule has 5 nitrogen and oxygen atoms in total. The van der Waals surface area contributed by atoms with E-state index in [9.17, 15) is 9.59 Å². The Hall–Kier alpha value is -3.47. The second-order valence-corrected chi connectivity index (χ2v) is 6.84. The van der Waals surface area contributed by atoms with Crippen LogP contribution in [0.3, 0.4) is 0 Å². The zero-order valence-corrected chi connectivity index (χ0v) is 13.6. The van der Waals surface area contributed by atoms with Gasteiger partial charge in [0.05, 0.1) is 22.9 Å². The molecule has 3 heterocycles. The predicted octanol–water partition coefficient (Wildman–Crippen LogP) is 1.04. The molecule has 2 atom stereocenters. The number of carbonyl (C=O) groups is 2. The van der Waals surface area contributed by atoms with Crippen LogP contribution in [-0.4, -0.2) is 23.6 Å². The number of fused-ring (bicyclic) bond motifs is 9. The Morgan fingerprint density at radius 2 is 1.73 bits per heavy atom. The summed E-state index contributed by atoms with van der Waals surface area (Å²) in [6.45, 7) is 0. The molecule has 6 rings (SSSR count). The average molecular weight is 339 g/mol. The first kappa shape index (κ1) is 13.8. The first-order valence-corrected chi connectivity index (χ1v) is 8.58. The topological polar surface area (TPSA) is 70.6 Å². The number of anilines is 1. The lowest BCUT2D eigenvalue weighted by Crippen LogP contribution is -2.33. The molecule has 0 saturated carbocycles. The number of nitrogens with one attached hydrogen (secondary N) is 2. The summed E-state index contributed by atoms with van der Waals surface area (Å²) in [4.78, 5) is 29.7. The number of rotatable bonds is 0. The SMILES string of the molecule is O=C1NC(=O)c2c1c1c(c3c2=C2C=CC=CC2N3)C2C=CC=CC2=NC=1. The number of benzene rings is 1. The minimum absolute atomic E-state index is 0.0135. The van der Waals surface area contributed by atoms with Gasteiger partial charge in [0, 0.05) is 28.2 Å². The molecule has 124 valence electrons. The lowest BCUT2D eigenvalue weighted by molar-refractivity contribution is 0.0879. The Morgan fingerprint density at radius 3 is 2.65 bits per heavy atom. The van der Waals surface area contributed by atoms with Gasteiger partial charge in [-0.25, -0.2) is 0 Å². The summed E-state index contributed by atoms with van der Waals surface area (Å²) in [5.74, 6) is -0.693. The summed E-state index contributed by atoms with van der Waals surface area (Å²) in [6.07, 6.45) is 17.8. The Balaban J connectivity index is 1.83. The smallest absolute Gasteiger partial charge is 0.259 e. The van der Waals surface area contributed by atoms with Crippen LogP contribution in [0.15, 0.2) is 53.6 Å². The number of aliphatic imine (C=N–C) groups is 1. The molecule has 0 bridgehead atoms. The fraction of sp³-hybridized carbons (Fsp3) is 0.0952.